The van der Waals surface area contributed by atoms with Crippen molar-refractivity contribution in [2.24, 2.45) is 0 Å². The van der Waals surface area contributed by atoms with Gasteiger partial charge < -0.3 is 10.4 Å². The maximum absolute atomic E-state index is 12.4. The minimum Gasteiger partial charge on any atom is -0.480 e. The van der Waals surface area contributed by atoms with E-state index in [1.165, 1.54) is 12.8 Å². The van der Waals surface area contributed by atoms with Gasteiger partial charge in [0.2, 0.25) is 5.91 Å². The molecule has 2 atom stereocenters. The molecule has 2 rings (SSSR count). The van der Waals surface area contributed by atoms with Crippen molar-refractivity contribution in [2.75, 3.05) is 26.7 Å². The van der Waals surface area contributed by atoms with Crippen LogP contribution in [0.15, 0.2) is 0 Å². The van der Waals surface area contributed by atoms with Crippen LogP contribution in [0.5, 0.6) is 0 Å². The van der Waals surface area contributed by atoms with Crippen LogP contribution in [-0.2, 0) is 9.59 Å². The topological polar surface area (TPSA) is 72.9 Å². The molecule has 1 aliphatic heterocycles. The standard InChI is InChI=1S/C17H31N3O3.ClH/c1-13(17(23)18-14-6-3-4-7-14)20-10-5-8-15(9-11-20)19(2)12-16(21)22;/h13-15H,3-12H2,1-2H3,(H,18,23)(H,21,22);1H. The lowest BCUT2D eigenvalue weighted by Crippen LogP contribution is -2.48. The number of hydrogen-bond donors (Lipinski definition) is 2. The second-order valence-corrected chi connectivity index (χ2v) is 7.10. The van der Waals surface area contributed by atoms with Crippen LogP contribution in [0, 0.1) is 0 Å². The predicted molar refractivity (Wildman–Crippen MR) is 96.6 cm³/mol. The largest absolute Gasteiger partial charge is 0.480 e. The van der Waals surface area contributed by atoms with Crippen molar-refractivity contribution in [2.45, 2.75) is 70.0 Å². The Balaban J connectivity index is 0.00000288. The quantitative estimate of drug-likeness (QED) is 0.753. The zero-order valence-electron chi connectivity index (χ0n) is 14.9. The number of aliphatic carboxylic acids is 1. The third-order valence-electron chi connectivity index (χ3n) is 5.37. The summed E-state index contributed by atoms with van der Waals surface area (Å²) in [6, 6.07) is 0.562. The molecule has 1 heterocycles. The van der Waals surface area contributed by atoms with Crippen molar-refractivity contribution in [3.8, 4) is 0 Å². The van der Waals surface area contributed by atoms with Gasteiger partial charge in [-0.1, -0.05) is 12.8 Å². The fourth-order valence-corrected chi connectivity index (χ4v) is 3.83. The first-order valence-corrected chi connectivity index (χ1v) is 8.94. The molecule has 2 N–H and O–H groups in total. The van der Waals surface area contributed by atoms with Crippen molar-refractivity contribution < 1.29 is 14.7 Å². The highest BCUT2D eigenvalue weighted by Gasteiger charge is 2.28. The van der Waals surface area contributed by atoms with Crippen molar-refractivity contribution in [3.05, 3.63) is 0 Å². The van der Waals surface area contributed by atoms with Gasteiger partial charge >= 0.3 is 5.97 Å². The van der Waals surface area contributed by atoms with E-state index >= 15 is 0 Å². The Morgan fingerprint density at radius 2 is 1.83 bits per heavy atom. The van der Waals surface area contributed by atoms with Gasteiger partial charge in [0, 0.05) is 18.6 Å². The van der Waals surface area contributed by atoms with Crippen molar-refractivity contribution in [1.82, 2.24) is 15.1 Å². The predicted octanol–water partition coefficient (Wildman–Crippen LogP) is 1.73. The number of halogens is 1. The molecule has 0 spiro atoms. The summed E-state index contributed by atoms with van der Waals surface area (Å²) in [6.07, 6.45) is 7.60. The molecule has 2 unspecified atom stereocenters. The van der Waals surface area contributed by atoms with Gasteiger partial charge in [0.25, 0.3) is 0 Å². The Hall–Kier alpha value is -0.850. The van der Waals surface area contributed by atoms with E-state index in [0.29, 0.717) is 12.1 Å². The summed E-state index contributed by atoms with van der Waals surface area (Å²) in [5.41, 5.74) is 0. The Labute approximate surface area is 151 Å². The third-order valence-corrected chi connectivity index (χ3v) is 5.37. The molecule has 0 radical (unpaired) electrons. The summed E-state index contributed by atoms with van der Waals surface area (Å²) in [6.45, 7) is 3.85. The number of carbonyl (C=O) groups is 2. The normalized spacial score (nSPS) is 24.2. The molecule has 1 aliphatic carbocycles. The number of carboxylic acid groups (broad SMARTS) is 1. The SMILES string of the molecule is CC(C(=O)NC1CCCC1)N1CCCC(N(C)CC(=O)O)CC1.Cl. The molecule has 24 heavy (non-hydrogen) atoms. The van der Waals surface area contributed by atoms with E-state index in [1.54, 1.807) is 0 Å². The first-order valence-electron chi connectivity index (χ1n) is 8.94. The number of likely N-dealkylation sites (N-methyl/N-ethyl adjacent to an activating group) is 1. The lowest BCUT2D eigenvalue weighted by Gasteiger charge is -2.29. The molecule has 140 valence electrons. The average Bonchev–Trinajstić information content (AvgIpc) is 2.87. The van der Waals surface area contributed by atoms with E-state index in [4.69, 9.17) is 5.11 Å². The fraction of sp³-hybridized carbons (Fsp3) is 0.882. The van der Waals surface area contributed by atoms with Gasteiger partial charge in [0.15, 0.2) is 0 Å². The van der Waals surface area contributed by atoms with Crippen LogP contribution in [0.4, 0.5) is 0 Å². The molecule has 2 aliphatic rings. The Bertz CT molecular complexity index is 416. The van der Waals surface area contributed by atoms with Gasteiger partial charge in [-0.2, -0.15) is 0 Å². The highest BCUT2D eigenvalue weighted by Crippen LogP contribution is 2.20. The summed E-state index contributed by atoms with van der Waals surface area (Å²) in [4.78, 5) is 27.5. The third kappa shape index (κ3) is 6.22. The van der Waals surface area contributed by atoms with E-state index < -0.39 is 5.97 Å². The minimum absolute atomic E-state index is 0. The molecular weight excluding hydrogens is 330 g/mol. The van der Waals surface area contributed by atoms with Gasteiger partial charge in [0.05, 0.1) is 12.6 Å². The number of carboxylic acids is 1. The monoisotopic (exact) mass is 361 g/mol. The van der Waals surface area contributed by atoms with Crippen LogP contribution in [0.2, 0.25) is 0 Å². The minimum atomic E-state index is -0.780. The van der Waals surface area contributed by atoms with Gasteiger partial charge in [-0.15, -0.1) is 12.4 Å². The molecule has 0 aromatic rings. The number of nitrogens with one attached hydrogen (secondary N) is 1. The molecule has 0 aromatic carbocycles. The summed E-state index contributed by atoms with van der Waals surface area (Å²) in [5, 5.41) is 12.1. The molecule has 0 bridgehead atoms. The number of nitrogens with zero attached hydrogens (tertiary/aromatic N) is 2. The van der Waals surface area contributed by atoms with E-state index in [9.17, 15) is 9.59 Å². The van der Waals surface area contributed by atoms with E-state index in [0.717, 1.165) is 45.2 Å². The van der Waals surface area contributed by atoms with Crippen LogP contribution in [0.1, 0.15) is 51.9 Å². The number of amides is 1. The zero-order valence-corrected chi connectivity index (χ0v) is 15.7. The summed E-state index contributed by atoms with van der Waals surface area (Å²) >= 11 is 0. The van der Waals surface area contributed by atoms with Crippen molar-refractivity contribution >= 4 is 24.3 Å². The smallest absolute Gasteiger partial charge is 0.317 e. The lowest BCUT2D eigenvalue weighted by molar-refractivity contribution is -0.138. The summed E-state index contributed by atoms with van der Waals surface area (Å²) in [5.74, 6) is -0.632. The Kier molecular flexibility index (Phi) is 9.02. The fourth-order valence-electron chi connectivity index (χ4n) is 3.83. The number of hydrogen-bond acceptors (Lipinski definition) is 4. The van der Waals surface area contributed by atoms with E-state index in [-0.39, 0.29) is 30.9 Å². The van der Waals surface area contributed by atoms with E-state index in [1.807, 2.05) is 18.9 Å². The summed E-state index contributed by atoms with van der Waals surface area (Å²) < 4.78 is 0. The van der Waals surface area contributed by atoms with Crippen LogP contribution in [-0.4, -0.2) is 71.6 Å². The zero-order chi connectivity index (χ0) is 16.8. The molecule has 7 heteroatoms. The number of rotatable bonds is 6. The van der Waals surface area contributed by atoms with Crippen LogP contribution in [0.25, 0.3) is 0 Å². The van der Waals surface area contributed by atoms with Gasteiger partial charge in [-0.3, -0.25) is 19.4 Å². The number of carbonyl (C=O) groups excluding carboxylic acids is 1. The Morgan fingerprint density at radius 1 is 1.17 bits per heavy atom. The highest BCUT2D eigenvalue weighted by molar-refractivity contribution is 5.85. The first-order chi connectivity index (χ1) is 11.0. The summed E-state index contributed by atoms with van der Waals surface area (Å²) in [7, 11) is 1.88. The lowest BCUT2D eigenvalue weighted by atomic mass is 10.1. The molecular formula is C17H32ClN3O3. The molecule has 6 nitrogen and oxygen atoms in total. The van der Waals surface area contributed by atoms with Crippen LogP contribution in [0.3, 0.4) is 0 Å². The molecule has 1 saturated carbocycles. The molecule has 2 fully saturated rings. The van der Waals surface area contributed by atoms with Crippen molar-refractivity contribution in [3.63, 3.8) is 0 Å². The molecule has 0 aromatic heterocycles. The first kappa shape index (κ1) is 21.2. The highest BCUT2D eigenvalue weighted by atomic mass is 35.5. The molecule has 1 amide bonds. The Morgan fingerprint density at radius 3 is 2.46 bits per heavy atom. The van der Waals surface area contributed by atoms with Gasteiger partial charge in [0.1, 0.15) is 0 Å². The van der Waals surface area contributed by atoms with Crippen molar-refractivity contribution in [1.29, 1.82) is 0 Å². The van der Waals surface area contributed by atoms with Gasteiger partial charge in [-0.05, 0) is 52.6 Å². The van der Waals surface area contributed by atoms with Crippen LogP contribution < -0.4 is 5.32 Å². The maximum atomic E-state index is 12.4. The second kappa shape index (κ2) is 10.2. The van der Waals surface area contributed by atoms with Gasteiger partial charge in [-0.25, -0.2) is 0 Å². The number of likely N-dealkylation sites (tertiary alicyclic amines) is 1. The average molecular weight is 362 g/mol. The second-order valence-electron chi connectivity index (χ2n) is 7.10. The van der Waals surface area contributed by atoms with Crippen LogP contribution >= 0.6 is 12.4 Å². The molecule has 1 saturated heterocycles. The maximum Gasteiger partial charge on any atom is 0.317 e. The van der Waals surface area contributed by atoms with E-state index in [2.05, 4.69) is 10.2 Å².